The van der Waals surface area contributed by atoms with Gasteiger partial charge >= 0.3 is 0 Å². The predicted octanol–water partition coefficient (Wildman–Crippen LogP) is 1.75. The van der Waals surface area contributed by atoms with Crippen molar-refractivity contribution in [3.8, 4) is 0 Å². The number of hydrogen-bond donors (Lipinski definition) is 2. The Labute approximate surface area is 110 Å². The second kappa shape index (κ2) is 4.72. The SMILES string of the molecule is CC1(C)C(CN=C(N)NCC2CCCO2)C1(C)C. The zero-order chi connectivity index (χ0) is 13.4. The number of guanidine groups is 1. The van der Waals surface area contributed by atoms with Crippen LogP contribution in [0.1, 0.15) is 40.5 Å². The van der Waals surface area contributed by atoms with Crippen LogP contribution in [0.3, 0.4) is 0 Å². The van der Waals surface area contributed by atoms with Crippen molar-refractivity contribution >= 4 is 5.96 Å². The van der Waals surface area contributed by atoms with Crippen LogP contribution >= 0.6 is 0 Å². The molecule has 1 unspecified atom stereocenters. The first-order valence-electron chi connectivity index (χ1n) is 7.01. The van der Waals surface area contributed by atoms with Crippen molar-refractivity contribution in [3.05, 3.63) is 0 Å². The van der Waals surface area contributed by atoms with E-state index in [1.807, 2.05) is 0 Å². The van der Waals surface area contributed by atoms with Gasteiger partial charge in [0.05, 0.1) is 6.10 Å². The minimum atomic E-state index is 0.313. The molecule has 2 aliphatic rings. The van der Waals surface area contributed by atoms with Gasteiger partial charge in [-0.2, -0.15) is 0 Å². The van der Waals surface area contributed by atoms with Gasteiger partial charge < -0.3 is 15.8 Å². The minimum Gasteiger partial charge on any atom is -0.376 e. The number of nitrogens with one attached hydrogen (secondary N) is 1. The van der Waals surface area contributed by atoms with Crippen molar-refractivity contribution in [3.63, 3.8) is 0 Å². The second-order valence-electron chi connectivity index (χ2n) is 6.74. The van der Waals surface area contributed by atoms with Crippen molar-refractivity contribution in [1.29, 1.82) is 0 Å². The number of hydrogen-bond acceptors (Lipinski definition) is 2. The Kier molecular flexibility index (Phi) is 3.58. The maximum atomic E-state index is 5.89. The monoisotopic (exact) mass is 253 g/mol. The van der Waals surface area contributed by atoms with Crippen LogP contribution in [0.25, 0.3) is 0 Å². The number of rotatable bonds is 4. The van der Waals surface area contributed by atoms with Gasteiger partial charge in [-0.1, -0.05) is 27.7 Å². The zero-order valence-electron chi connectivity index (χ0n) is 12.1. The van der Waals surface area contributed by atoms with Gasteiger partial charge in [0.1, 0.15) is 0 Å². The Morgan fingerprint density at radius 3 is 2.50 bits per heavy atom. The molecule has 1 aliphatic carbocycles. The van der Waals surface area contributed by atoms with Gasteiger partial charge in [0, 0.05) is 19.7 Å². The van der Waals surface area contributed by atoms with Crippen LogP contribution in [0.5, 0.6) is 0 Å². The third kappa shape index (κ3) is 2.48. The van der Waals surface area contributed by atoms with Crippen molar-refractivity contribution in [2.24, 2.45) is 27.5 Å². The number of nitrogens with zero attached hydrogens (tertiary/aromatic N) is 1. The Hall–Kier alpha value is -0.770. The quantitative estimate of drug-likeness (QED) is 0.593. The summed E-state index contributed by atoms with van der Waals surface area (Å²) >= 11 is 0. The average molecular weight is 253 g/mol. The largest absolute Gasteiger partial charge is 0.376 e. The Balaban J connectivity index is 1.73. The van der Waals surface area contributed by atoms with Crippen LogP contribution in [0.15, 0.2) is 4.99 Å². The molecule has 1 saturated carbocycles. The van der Waals surface area contributed by atoms with Crippen LogP contribution in [-0.2, 0) is 4.74 Å². The van der Waals surface area contributed by atoms with E-state index in [1.165, 1.54) is 0 Å². The third-order valence-electron chi connectivity index (χ3n) is 5.30. The molecule has 1 atom stereocenters. The van der Waals surface area contributed by atoms with Gasteiger partial charge in [-0.05, 0) is 29.6 Å². The fourth-order valence-corrected chi connectivity index (χ4v) is 3.06. The highest BCUT2D eigenvalue weighted by atomic mass is 16.5. The van der Waals surface area contributed by atoms with E-state index in [0.717, 1.165) is 32.5 Å². The van der Waals surface area contributed by atoms with E-state index in [9.17, 15) is 0 Å². The lowest BCUT2D eigenvalue weighted by molar-refractivity contribution is 0.114. The van der Waals surface area contributed by atoms with Crippen LogP contribution in [0.4, 0.5) is 0 Å². The molecule has 2 rings (SSSR count). The van der Waals surface area contributed by atoms with E-state index in [0.29, 0.717) is 28.8 Å². The van der Waals surface area contributed by atoms with E-state index >= 15 is 0 Å². The first kappa shape index (κ1) is 13.7. The number of ether oxygens (including phenoxy) is 1. The highest BCUT2D eigenvalue weighted by molar-refractivity contribution is 5.77. The molecule has 0 amide bonds. The van der Waals surface area contributed by atoms with E-state index < -0.39 is 0 Å². The van der Waals surface area contributed by atoms with E-state index in [-0.39, 0.29) is 0 Å². The third-order valence-corrected chi connectivity index (χ3v) is 5.30. The summed E-state index contributed by atoms with van der Waals surface area (Å²) in [5, 5.41) is 3.17. The molecule has 4 nitrogen and oxygen atoms in total. The summed E-state index contributed by atoms with van der Waals surface area (Å²) in [5.74, 6) is 1.19. The molecule has 1 aliphatic heterocycles. The summed E-state index contributed by atoms with van der Waals surface area (Å²) in [7, 11) is 0. The molecule has 1 saturated heterocycles. The molecule has 4 heteroatoms. The lowest BCUT2D eigenvalue weighted by Crippen LogP contribution is -2.37. The minimum absolute atomic E-state index is 0.313. The van der Waals surface area contributed by atoms with Gasteiger partial charge in [0.2, 0.25) is 0 Å². The van der Waals surface area contributed by atoms with Crippen molar-refractivity contribution < 1.29 is 4.74 Å². The Morgan fingerprint density at radius 1 is 1.33 bits per heavy atom. The maximum Gasteiger partial charge on any atom is 0.188 e. The van der Waals surface area contributed by atoms with Gasteiger partial charge in [0.25, 0.3) is 0 Å². The average Bonchev–Trinajstić information content (AvgIpc) is 2.71. The Bertz CT molecular complexity index is 316. The summed E-state index contributed by atoms with van der Waals surface area (Å²) in [6.07, 6.45) is 2.60. The van der Waals surface area contributed by atoms with Crippen LogP contribution in [-0.4, -0.2) is 31.8 Å². The van der Waals surface area contributed by atoms with Gasteiger partial charge in [0.15, 0.2) is 5.96 Å². The van der Waals surface area contributed by atoms with Crippen molar-refractivity contribution in [2.75, 3.05) is 19.7 Å². The molecule has 0 radical (unpaired) electrons. The molecule has 0 aromatic rings. The summed E-state index contributed by atoms with van der Waals surface area (Å²) in [6.45, 7) is 11.7. The van der Waals surface area contributed by atoms with Crippen LogP contribution < -0.4 is 11.1 Å². The van der Waals surface area contributed by atoms with Gasteiger partial charge in [-0.25, -0.2) is 0 Å². The number of aliphatic imine (C=N–C) groups is 1. The fourth-order valence-electron chi connectivity index (χ4n) is 3.06. The topological polar surface area (TPSA) is 59.6 Å². The summed E-state index contributed by atoms with van der Waals surface area (Å²) in [6, 6.07) is 0. The lowest BCUT2D eigenvalue weighted by atomic mass is 10.0. The molecule has 1 heterocycles. The van der Waals surface area contributed by atoms with E-state index in [4.69, 9.17) is 10.5 Å². The van der Waals surface area contributed by atoms with E-state index in [1.54, 1.807) is 0 Å². The molecular formula is C14H27N3O. The molecule has 0 spiro atoms. The normalized spacial score (nSPS) is 30.4. The summed E-state index contributed by atoms with van der Waals surface area (Å²) < 4.78 is 5.53. The standard InChI is InChI=1S/C14H27N3O/c1-13(2)11(14(13,3)4)9-17-12(15)16-8-10-6-5-7-18-10/h10-11H,5-9H2,1-4H3,(H3,15,16,17). The maximum absolute atomic E-state index is 5.89. The lowest BCUT2D eigenvalue weighted by Gasteiger charge is -2.11. The van der Waals surface area contributed by atoms with Crippen LogP contribution in [0, 0.1) is 16.7 Å². The summed E-state index contributed by atoms with van der Waals surface area (Å²) in [5.41, 5.74) is 6.65. The van der Waals surface area contributed by atoms with Crippen LogP contribution in [0.2, 0.25) is 0 Å². The first-order chi connectivity index (χ1) is 8.35. The molecular weight excluding hydrogens is 226 g/mol. The molecule has 18 heavy (non-hydrogen) atoms. The smallest absolute Gasteiger partial charge is 0.188 e. The second-order valence-corrected chi connectivity index (χ2v) is 6.74. The van der Waals surface area contributed by atoms with Crippen molar-refractivity contribution in [2.45, 2.75) is 46.6 Å². The Morgan fingerprint density at radius 2 is 2.00 bits per heavy atom. The molecule has 0 bridgehead atoms. The van der Waals surface area contributed by atoms with Gasteiger partial charge in [-0.3, -0.25) is 4.99 Å². The summed E-state index contributed by atoms with van der Waals surface area (Å²) in [4.78, 5) is 4.47. The highest BCUT2D eigenvalue weighted by Crippen LogP contribution is 2.68. The molecule has 2 fully saturated rings. The molecule has 0 aromatic heterocycles. The number of nitrogens with two attached hydrogens (primary N) is 1. The fraction of sp³-hybridized carbons (Fsp3) is 0.929. The molecule has 104 valence electrons. The molecule has 3 N–H and O–H groups in total. The first-order valence-corrected chi connectivity index (χ1v) is 7.01. The van der Waals surface area contributed by atoms with E-state index in [2.05, 4.69) is 38.0 Å². The predicted molar refractivity (Wildman–Crippen MR) is 74.5 cm³/mol. The zero-order valence-corrected chi connectivity index (χ0v) is 12.1. The van der Waals surface area contributed by atoms with Gasteiger partial charge in [-0.15, -0.1) is 0 Å². The van der Waals surface area contributed by atoms with Crippen molar-refractivity contribution in [1.82, 2.24) is 5.32 Å². The highest BCUT2D eigenvalue weighted by Gasteiger charge is 2.64. The molecule has 0 aromatic carbocycles.